The lowest BCUT2D eigenvalue weighted by atomic mass is 10.1. The van der Waals surface area contributed by atoms with Crippen molar-refractivity contribution in [2.45, 2.75) is 27.2 Å². The van der Waals surface area contributed by atoms with Crippen LogP contribution in [0.5, 0.6) is 11.5 Å². The van der Waals surface area contributed by atoms with Crippen LogP contribution in [0.3, 0.4) is 0 Å². The summed E-state index contributed by atoms with van der Waals surface area (Å²) in [7, 11) is 0. The highest BCUT2D eigenvalue weighted by molar-refractivity contribution is 9.09. The van der Waals surface area contributed by atoms with Crippen LogP contribution in [0.15, 0.2) is 12.1 Å². The van der Waals surface area contributed by atoms with Crippen molar-refractivity contribution >= 4 is 27.9 Å². The molecule has 1 rings (SSSR count). The van der Waals surface area contributed by atoms with Crippen molar-refractivity contribution in [1.82, 2.24) is 0 Å². The van der Waals surface area contributed by atoms with Crippen molar-refractivity contribution in [3.63, 3.8) is 0 Å². The number of carbonyl (C=O) groups excluding carboxylic acids is 2. The highest BCUT2D eigenvalue weighted by Crippen LogP contribution is 2.29. The number of halogens is 1. The lowest BCUT2D eigenvalue weighted by Gasteiger charge is -2.12. The van der Waals surface area contributed by atoms with Crippen LogP contribution in [0.4, 0.5) is 0 Å². The Morgan fingerprint density at radius 1 is 1.11 bits per heavy atom. The fraction of sp³-hybridized carbons (Fsp3) is 0.385. The largest absolute Gasteiger partial charge is 0.426 e. The summed E-state index contributed by atoms with van der Waals surface area (Å²) in [6.07, 6.45) is 0.678. The molecule has 0 unspecified atom stereocenters. The van der Waals surface area contributed by atoms with E-state index in [2.05, 4.69) is 15.9 Å². The molecule has 0 fully saturated rings. The molecule has 1 aromatic carbocycles. The first-order chi connectivity index (χ1) is 8.43. The second-order valence-corrected chi connectivity index (χ2v) is 4.64. The normalized spacial score (nSPS) is 10.0. The van der Waals surface area contributed by atoms with Crippen LogP contribution in [0.2, 0.25) is 0 Å². The molecule has 0 saturated carbocycles. The maximum Gasteiger partial charge on any atom is 0.308 e. The average molecular weight is 315 g/mol. The van der Waals surface area contributed by atoms with Crippen molar-refractivity contribution < 1.29 is 19.1 Å². The van der Waals surface area contributed by atoms with Crippen LogP contribution in [-0.4, -0.2) is 17.3 Å². The molecule has 4 nitrogen and oxygen atoms in total. The van der Waals surface area contributed by atoms with E-state index in [9.17, 15) is 9.59 Å². The topological polar surface area (TPSA) is 52.6 Å². The standard InChI is InChI=1S/C13H15BrO4/c1-8-6-13(18-10(3)16)11(4-5-14)7-12(8)17-9(2)15/h6-7H,4-5H2,1-3H3. The molecule has 0 radical (unpaired) electrons. The summed E-state index contributed by atoms with van der Waals surface area (Å²) in [5.74, 6) is 0.262. The Morgan fingerprint density at radius 3 is 2.17 bits per heavy atom. The Labute approximate surface area is 114 Å². The van der Waals surface area contributed by atoms with Gasteiger partial charge in [-0.25, -0.2) is 0 Å². The van der Waals surface area contributed by atoms with Crippen LogP contribution in [0, 0.1) is 6.92 Å². The Morgan fingerprint density at radius 2 is 1.67 bits per heavy atom. The van der Waals surface area contributed by atoms with Gasteiger partial charge in [-0.05, 0) is 36.6 Å². The van der Waals surface area contributed by atoms with Gasteiger partial charge in [0.25, 0.3) is 0 Å². The average Bonchev–Trinajstić information content (AvgIpc) is 2.23. The summed E-state index contributed by atoms with van der Waals surface area (Å²) in [4.78, 5) is 22.0. The lowest BCUT2D eigenvalue weighted by molar-refractivity contribution is -0.133. The number of rotatable bonds is 4. The first-order valence-corrected chi connectivity index (χ1v) is 6.62. The van der Waals surface area contributed by atoms with Gasteiger partial charge in [0.05, 0.1) is 0 Å². The van der Waals surface area contributed by atoms with Crippen molar-refractivity contribution in [2.75, 3.05) is 5.33 Å². The maximum absolute atomic E-state index is 11.0. The first-order valence-electron chi connectivity index (χ1n) is 5.50. The van der Waals surface area contributed by atoms with Crippen molar-refractivity contribution in [3.05, 3.63) is 23.3 Å². The molecule has 0 heterocycles. The summed E-state index contributed by atoms with van der Waals surface area (Å²) in [6, 6.07) is 3.44. The van der Waals surface area contributed by atoms with Crippen LogP contribution in [-0.2, 0) is 16.0 Å². The molecule has 0 amide bonds. The number of hydrogen-bond acceptors (Lipinski definition) is 4. The van der Waals surface area contributed by atoms with Gasteiger partial charge in [0.15, 0.2) is 0 Å². The zero-order valence-electron chi connectivity index (χ0n) is 10.6. The van der Waals surface area contributed by atoms with E-state index in [0.717, 1.165) is 16.5 Å². The number of ether oxygens (including phenoxy) is 2. The monoisotopic (exact) mass is 314 g/mol. The zero-order valence-corrected chi connectivity index (χ0v) is 12.2. The molecule has 0 aromatic heterocycles. The molecular weight excluding hydrogens is 300 g/mol. The Hall–Kier alpha value is -1.36. The molecule has 1 aromatic rings. The molecule has 0 bridgehead atoms. The minimum atomic E-state index is -0.372. The second-order valence-electron chi connectivity index (χ2n) is 3.85. The van der Waals surface area contributed by atoms with Crippen molar-refractivity contribution in [2.24, 2.45) is 0 Å². The molecule has 0 saturated heterocycles. The minimum Gasteiger partial charge on any atom is -0.426 e. The molecule has 0 spiro atoms. The van der Waals surface area contributed by atoms with Gasteiger partial charge in [0.2, 0.25) is 0 Å². The SMILES string of the molecule is CC(=O)Oc1cc(CCBr)c(OC(C)=O)cc1C. The second kappa shape index (κ2) is 6.54. The number of carbonyl (C=O) groups is 2. The predicted octanol–water partition coefficient (Wildman–Crippen LogP) is 2.78. The highest BCUT2D eigenvalue weighted by atomic mass is 79.9. The van der Waals surface area contributed by atoms with Gasteiger partial charge in [-0.3, -0.25) is 9.59 Å². The Kier molecular flexibility index (Phi) is 5.34. The molecule has 0 atom stereocenters. The number of alkyl halides is 1. The molecule has 0 N–H and O–H groups in total. The van der Waals surface area contributed by atoms with E-state index in [1.165, 1.54) is 13.8 Å². The van der Waals surface area contributed by atoms with Gasteiger partial charge in [0.1, 0.15) is 11.5 Å². The summed E-state index contributed by atoms with van der Waals surface area (Å²) in [6.45, 7) is 4.50. The maximum atomic E-state index is 11.0. The lowest BCUT2D eigenvalue weighted by Crippen LogP contribution is -2.07. The fourth-order valence-corrected chi connectivity index (χ4v) is 1.94. The number of aryl methyl sites for hydroxylation is 2. The number of benzene rings is 1. The van der Waals surface area contributed by atoms with E-state index < -0.39 is 0 Å². The zero-order chi connectivity index (χ0) is 13.7. The van der Waals surface area contributed by atoms with Crippen molar-refractivity contribution in [3.8, 4) is 11.5 Å². The van der Waals surface area contributed by atoms with Gasteiger partial charge >= 0.3 is 11.9 Å². The molecule has 98 valence electrons. The molecular formula is C13H15BrO4. The summed E-state index contributed by atoms with van der Waals surface area (Å²) < 4.78 is 10.2. The predicted molar refractivity (Wildman–Crippen MR) is 71.3 cm³/mol. The minimum absolute atomic E-state index is 0.370. The highest BCUT2D eigenvalue weighted by Gasteiger charge is 2.12. The third-order valence-corrected chi connectivity index (χ3v) is 2.63. The summed E-state index contributed by atoms with van der Waals surface area (Å²) >= 11 is 3.33. The van der Waals surface area contributed by atoms with Crippen molar-refractivity contribution in [1.29, 1.82) is 0 Å². The number of esters is 2. The van der Waals surface area contributed by atoms with Crippen LogP contribution in [0.25, 0.3) is 0 Å². The quantitative estimate of drug-likeness (QED) is 0.487. The van der Waals surface area contributed by atoms with E-state index in [4.69, 9.17) is 9.47 Å². The van der Waals surface area contributed by atoms with Gasteiger partial charge in [-0.2, -0.15) is 0 Å². The van der Waals surface area contributed by atoms with Gasteiger partial charge < -0.3 is 9.47 Å². The fourth-order valence-electron chi connectivity index (χ4n) is 1.52. The third-order valence-electron chi connectivity index (χ3n) is 2.23. The third kappa shape index (κ3) is 4.14. The molecule has 0 aliphatic rings. The molecule has 18 heavy (non-hydrogen) atoms. The Bertz CT molecular complexity index is 468. The van der Waals surface area contributed by atoms with E-state index in [-0.39, 0.29) is 11.9 Å². The summed E-state index contributed by atoms with van der Waals surface area (Å²) in [5, 5.41) is 0.726. The number of hydrogen-bond donors (Lipinski definition) is 0. The first kappa shape index (κ1) is 14.7. The van der Waals surface area contributed by atoms with Crippen LogP contribution >= 0.6 is 15.9 Å². The van der Waals surface area contributed by atoms with E-state index >= 15 is 0 Å². The molecule has 5 heteroatoms. The van der Waals surface area contributed by atoms with Crippen LogP contribution < -0.4 is 9.47 Å². The Balaban J connectivity index is 3.15. The van der Waals surface area contributed by atoms with E-state index in [1.807, 2.05) is 0 Å². The molecule has 0 aliphatic heterocycles. The molecule has 0 aliphatic carbocycles. The smallest absolute Gasteiger partial charge is 0.308 e. The van der Waals surface area contributed by atoms with Crippen LogP contribution in [0.1, 0.15) is 25.0 Å². The van der Waals surface area contributed by atoms with Gasteiger partial charge in [0, 0.05) is 19.2 Å². The van der Waals surface area contributed by atoms with Gasteiger partial charge in [-0.1, -0.05) is 15.9 Å². The summed E-state index contributed by atoms with van der Waals surface area (Å²) in [5.41, 5.74) is 1.57. The van der Waals surface area contributed by atoms with E-state index in [1.54, 1.807) is 19.1 Å². The van der Waals surface area contributed by atoms with E-state index in [0.29, 0.717) is 17.9 Å². The van der Waals surface area contributed by atoms with Gasteiger partial charge in [-0.15, -0.1) is 0 Å².